The lowest BCUT2D eigenvalue weighted by Crippen LogP contribution is -2.56. The Labute approximate surface area is 114 Å². The first kappa shape index (κ1) is 16.3. The van der Waals surface area contributed by atoms with Crippen molar-refractivity contribution in [3.63, 3.8) is 0 Å². The van der Waals surface area contributed by atoms with E-state index in [-0.39, 0.29) is 18.0 Å². The van der Waals surface area contributed by atoms with Gasteiger partial charge in [0.25, 0.3) is 0 Å². The van der Waals surface area contributed by atoms with Crippen molar-refractivity contribution < 1.29 is 8.78 Å². The van der Waals surface area contributed by atoms with E-state index in [0.29, 0.717) is 25.9 Å². The topological polar surface area (TPSA) is 47.9 Å². The molecule has 1 saturated carbocycles. The van der Waals surface area contributed by atoms with Crippen molar-refractivity contribution in [2.24, 2.45) is 17.8 Å². The summed E-state index contributed by atoms with van der Waals surface area (Å²) in [6.07, 6.45) is -1.57. The molecular weight excluding hydrogens is 248 g/mol. The lowest BCUT2D eigenvalue weighted by Gasteiger charge is -2.40. The average molecular weight is 273 g/mol. The van der Waals surface area contributed by atoms with E-state index >= 15 is 0 Å². The fraction of sp³-hybridized carbons (Fsp3) is 0.929. The van der Waals surface area contributed by atoms with Crippen LogP contribution in [-0.4, -0.2) is 31.6 Å². The van der Waals surface area contributed by atoms with Crippen molar-refractivity contribution >= 4 is 0 Å². The summed E-state index contributed by atoms with van der Waals surface area (Å²) in [6, 6.07) is 2.05. The molecule has 1 aliphatic heterocycles. The number of nitrogens with one attached hydrogen (secondary N) is 2. The largest absolute Gasteiger partial charge is 0.290 e. The summed E-state index contributed by atoms with van der Waals surface area (Å²) in [6.45, 7) is 6.94. The van der Waals surface area contributed by atoms with Crippen LogP contribution in [0.3, 0.4) is 0 Å². The van der Waals surface area contributed by atoms with Gasteiger partial charge in [-0.25, -0.2) is 8.78 Å². The van der Waals surface area contributed by atoms with E-state index in [9.17, 15) is 8.78 Å². The molecule has 2 aliphatic rings. The molecule has 1 heterocycles. The molecule has 2 atom stereocenters. The molecule has 0 aromatic heterocycles. The van der Waals surface area contributed by atoms with Crippen molar-refractivity contribution in [3.05, 3.63) is 0 Å². The van der Waals surface area contributed by atoms with Crippen LogP contribution in [0.25, 0.3) is 0 Å². The Morgan fingerprint density at radius 1 is 1.05 bits per heavy atom. The molecule has 0 amide bonds. The average Bonchev–Trinajstić information content (AvgIpc) is 2.40. The summed E-state index contributed by atoms with van der Waals surface area (Å²) < 4.78 is 27.9. The maximum Gasteiger partial charge on any atom is 0.147 e. The van der Waals surface area contributed by atoms with Crippen LogP contribution in [0, 0.1) is 29.1 Å². The smallest absolute Gasteiger partial charge is 0.147 e. The third kappa shape index (κ3) is 4.12. The normalized spacial score (nSPS) is 42.7. The zero-order chi connectivity index (χ0) is 14.4. The van der Waals surface area contributed by atoms with Crippen molar-refractivity contribution in [1.29, 1.82) is 5.26 Å². The summed E-state index contributed by atoms with van der Waals surface area (Å²) in [5.41, 5.74) is 0. The molecular formula is C14H25F2N3. The van der Waals surface area contributed by atoms with Gasteiger partial charge in [0.1, 0.15) is 18.5 Å². The van der Waals surface area contributed by atoms with E-state index in [0.717, 1.165) is 0 Å². The first-order chi connectivity index (χ1) is 9.11. The monoisotopic (exact) mass is 273 g/mol. The van der Waals surface area contributed by atoms with Crippen LogP contribution in [0.5, 0.6) is 0 Å². The minimum absolute atomic E-state index is 0.0582. The Kier molecular flexibility index (Phi) is 6.67. The lowest BCUT2D eigenvalue weighted by molar-refractivity contribution is 0.00699. The summed E-state index contributed by atoms with van der Waals surface area (Å²) >= 11 is 0. The molecule has 2 rings (SSSR count). The van der Waals surface area contributed by atoms with Gasteiger partial charge in [-0.1, -0.05) is 20.8 Å². The van der Waals surface area contributed by atoms with E-state index in [4.69, 9.17) is 5.26 Å². The van der Waals surface area contributed by atoms with E-state index < -0.39 is 18.3 Å². The van der Waals surface area contributed by atoms with Gasteiger partial charge in [-0.2, -0.15) is 5.26 Å². The van der Waals surface area contributed by atoms with Crippen LogP contribution >= 0.6 is 0 Å². The van der Waals surface area contributed by atoms with Crippen LogP contribution in [0.1, 0.15) is 33.6 Å². The van der Waals surface area contributed by atoms with Crippen LogP contribution in [0.15, 0.2) is 0 Å². The Balaban J connectivity index is 0.000000861. The molecule has 2 N–H and O–H groups in total. The first-order valence-electron chi connectivity index (χ1n) is 7.26. The Morgan fingerprint density at radius 3 is 1.95 bits per heavy atom. The number of alkyl halides is 2. The molecule has 3 nitrogen and oxygen atoms in total. The standard InChI is InChI=1S/C12H19F2N3.C2H6/c1-7-2-9(13)12(10(14)3-7)8-5-16-11(4-15)17-6-8;1-2/h7-12,16-17H,2-3,5-6H2,1H3;1-2H3. The van der Waals surface area contributed by atoms with Gasteiger partial charge in [-0.3, -0.25) is 10.6 Å². The van der Waals surface area contributed by atoms with Gasteiger partial charge in [0.15, 0.2) is 0 Å². The van der Waals surface area contributed by atoms with E-state index in [1.807, 2.05) is 26.8 Å². The highest BCUT2D eigenvalue weighted by molar-refractivity contribution is 4.97. The molecule has 110 valence electrons. The highest BCUT2D eigenvalue weighted by Gasteiger charge is 2.42. The Bertz CT molecular complexity index is 286. The van der Waals surface area contributed by atoms with Gasteiger partial charge >= 0.3 is 0 Å². The van der Waals surface area contributed by atoms with Crippen molar-refractivity contribution in [3.8, 4) is 6.07 Å². The summed E-state index contributed by atoms with van der Waals surface area (Å²) in [4.78, 5) is 0. The number of hydrogen-bond donors (Lipinski definition) is 2. The fourth-order valence-corrected chi connectivity index (χ4v) is 3.04. The number of nitriles is 1. The molecule has 19 heavy (non-hydrogen) atoms. The van der Waals surface area contributed by atoms with Gasteiger partial charge in [-0.15, -0.1) is 0 Å². The van der Waals surface area contributed by atoms with Crippen molar-refractivity contribution in [1.82, 2.24) is 10.6 Å². The molecule has 0 bridgehead atoms. The van der Waals surface area contributed by atoms with E-state index in [1.165, 1.54) is 0 Å². The van der Waals surface area contributed by atoms with Crippen LogP contribution in [0.2, 0.25) is 0 Å². The third-order valence-corrected chi connectivity index (χ3v) is 3.93. The van der Waals surface area contributed by atoms with E-state index in [2.05, 4.69) is 10.6 Å². The predicted molar refractivity (Wildman–Crippen MR) is 71.9 cm³/mol. The van der Waals surface area contributed by atoms with Gasteiger partial charge < -0.3 is 0 Å². The van der Waals surface area contributed by atoms with Crippen LogP contribution < -0.4 is 10.6 Å². The van der Waals surface area contributed by atoms with Gasteiger partial charge in [0, 0.05) is 19.0 Å². The zero-order valence-corrected chi connectivity index (χ0v) is 12.0. The number of halogens is 2. The second-order valence-electron chi connectivity index (χ2n) is 5.32. The molecule has 1 saturated heterocycles. The molecule has 1 aliphatic carbocycles. The SMILES string of the molecule is CC.CC1CC(F)C(C2CNC(C#N)NC2)C(F)C1. The summed E-state index contributed by atoms with van der Waals surface area (Å²) in [5, 5.41) is 14.6. The molecule has 2 fully saturated rings. The minimum Gasteiger partial charge on any atom is -0.290 e. The fourth-order valence-electron chi connectivity index (χ4n) is 3.04. The second kappa shape index (κ2) is 7.76. The van der Waals surface area contributed by atoms with Gasteiger partial charge in [0.2, 0.25) is 0 Å². The number of hydrogen-bond acceptors (Lipinski definition) is 3. The highest BCUT2D eigenvalue weighted by atomic mass is 19.1. The zero-order valence-electron chi connectivity index (χ0n) is 12.0. The van der Waals surface area contributed by atoms with Crippen LogP contribution in [-0.2, 0) is 0 Å². The van der Waals surface area contributed by atoms with Gasteiger partial charge in [0.05, 0.1) is 6.07 Å². The lowest BCUT2D eigenvalue weighted by atomic mass is 9.73. The maximum atomic E-state index is 14.0. The van der Waals surface area contributed by atoms with E-state index in [1.54, 1.807) is 0 Å². The molecule has 2 unspecified atom stereocenters. The molecule has 0 aromatic rings. The Morgan fingerprint density at radius 2 is 1.53 bits per heavy atom. The van der Waals surface area contributed by atoms with Crippen molar-refractivity contribution in [2.75, 3.05) is 13.1 Å². The number of nitrogens with zero attached hydrogens (tertiary/aromatic N) is 1. The maximum absolute atomic E-state index is 14.0. The number of rotatable bonds is 1. The van der Waals surface area contributed by atoms with Gasteiger partial charge in [-0.05, 0) is 24.7 Å². The predicted octanol–water partition coefficient (Wildman–Crippen LogP) is 2.39. The summed E-state index contributed by atoms with van der Waals surface area (Å²) in [7, 11) is 0. The Hall–Kier alpha value is -0.730. The summed E-state index contributed by atoms with van der Waals surface area (Å²) in [5.74, 6) is -0.449. The molecule has 0 aromatic carbocycles. The van der Waals surface area contributed by atoms with Crippen LogP contribution in [0.4, 0.5) is 8.78 Å². The highest BCUT2D eigenvalue weighted by Crippen LogP contribution is 2.37. The second-order valence-corrected chi connectivity index (χ2v) is 5.32. The third-order valence-electron chi connectivity index (χ3n) is 3.93. The molecule has 0 spiro atoms. The molecule has 5 heteroatoms. The molecule has 0 radical (unpaired) electrons. The quantitative estimate of drug-likeness (QED) is 0.771. The first-order valence-corrected chi connectivity index (χ1v) is 7.26. The van der Waals surface area contributed by atoms with Crippen molar-refractivity contribution in [2.45, 2.75) is 52.1 Å². The minimum atomic E-state index is -1.05.